The molecule has 5 nitrogen and oxygen atoms in total. The number of fused-ring (bicyclic) bond motifs is 1. The molecule has 1 aromatic heterocycles. The van der Waals surface area contributed by atoms with E-state index in [1.165, 1.54) is 6.07 Å². The van der Waals surface area contributed by atoms with E-state index in [1.807, 2.05) is 45.0 Å². The third kappa shape index (κ3) is 3.88. The molecule has 0 saturated carbocycles. The maximum atomic E-state index is 12.1. The van der Waals surface area contributed by atoms with Gasteiger partial charge in [-0.25, -0.2) is 4.79 Å². The molecule has 0 aliphatic heterocycles. The first-order valence-corrected chi connectivity index (χ1v) is 7.97. The molecule has 0 bridgehead atoms. The number of aryl methyl sites for hydroxylation is 3. The Morgan fingerprint density at radius 2 is 1.84 bits per heavy atom. The van der Waals surface area contributed by atoms with Crippen LogP contribution in [0, 0.1) is 20.8 Å². The molecule has 0 aliphatic rings. The number of rotatable bonds is 4. The Bertz CT molecular complexity index is 1000. The van der Waals surface area contributed by atoms with Crippen LogP contribution >= 0.6 is 0 Å². The summed E-state index contributed by atoms with van der Waals surface area (Å²) in [6.07, 6.45) is 0. The van der Waals surface area contributed by atoms with E-state index < -0.39 is 5.63 Å². The average Bonchev–Trinajstić information content (AvgIpc) is 2.55. The summed E-state index contributed by atoms with van der Waals surface area (Å²) in [5, 5.41) is 3.67. The number of hydrogen-bond acceptors (Lipinski definition) is 4. The van der Waals surface area contributed by atoms with Crippen molar-refractivity contribution >= 4 is 22.6 Å². The van der Waals surface area contributed by atoms with Crippen molar-refractivity contribution in [2.24, 2.45) is 0 Å². The molecule has 1 amide bonds. The number of carbonyl (C=O) groups excluding carboxylic acids is 1. The fraction of sp³-hybridized carbons (Fsp3) is 0.200. The summed E-state index contributed by atoms with van der Waals surface area (Å²) >= 11 is 0. The molecule has 0 spiro atoms. The van der Waals surface area contributed by atoms with Crippen LogP contribution in [0.15, 0.2) is 51.7 Å². The Hall–Kier alpha value is -3.08. The number of benzene rings is 2. The predicted molar refractivity (Wildman–Crippen MR) is 97.3 cm³/mol. The second-order valence-electron chi connectivity index (χ2n) is 6.06. The number of anilines is 1. The van der Waals surface area contributed by atoms with Crippen LogP contribution in [-0.4, -0.2) is 12.5 Å². The molecule has 1 N–H and O–H groups in total. The summed E-state index contributed by atoms with van der Waals surface area (Å²) in [6, 6.07) is 12.4. The maximum Gasteiger partial charge on any atom is 0.336 e. The first kappa shape index (κ1) is 16.8. The Balaban J connectivity index is 1.69. The van der Waals surface area contributed by atoms with Gasteiger partial charge in [-0.2, -0.15) is 0 Å². The number of amides is 1. The van der Waals surface area contributed by atoms with Gasteiger partial charge in [-0.05, 0) is 50.1 Å². The molecular formula is C20H19NO4. The van der Waals surface area contributed by atoms with Gasteiger partial charge in [0.25, 0.3) is 5.91 Å². The highest BCUT2D eigenvalue weighted by molar-refractivity contribution is 5.92. The predicted octanol–water partition coefficient (Wildman–Crippen LogP) is 3.74. The normalized spacial score (nSPS) is 10.7. The summed E-state index contributed by atoms with van der Waals surface area (Å²) < 4.78 is 10.7. The van der Waals surface area contributed by atoms with E-state index in [-0.39, 0.29) is 12.5 Å². The van der Waals surface area contributed by atoms with Crippen LogP contribution in [0.25, 0.3) is 11.0 Å². The van der Waals surface area contributed by atoms with Crippen molar-refractivity contribution in [1.29, 1.82) is 0 Å². The summed E-state index contributed by atoms with van der Waals surface area (Å²) in [5.41, 5.74) is 3.77. The van der Waals surface area contributed by atoms with Crippen LogP contribution in [0.2, 0.25) is 0 Å². The number of carbonyl (C=O) groups is 1. The van der Waals surface area contributed by atoms with Crippen LogP contribution in [0.3, 0.4) is 0 Å². The van der Waals surface area contributed by atoms with Crippen molar-refractivity contribution in [3.05, 3.63) is 69.6 Å². The minimum Gasteiger partial charge on any atom is -0.484 e. The van der Waals surface area contributed by atoms with Crippen molar-refractivity contribution in [3.63, 3.8) is 0 Å². The first-order chi connectivity index (χ1) is 11.9. The summed E-state index contributed by atoms with van der Waals surface area (Å²) in [6.45, 7) is 5.66. The molecule has 3 rings (SSSR count). The Labute approximate surface area is 145 Å². The lowest BCUT2D eigenvalue weighted by atomic mass is 10.1. The molecule has 1 heterocycles. The molecule has 0 unspecified atom stereocenters. The van der Waals surface area contributed by atoms with Crippen LogP contribution in [0.1, 0.15) is 16.7 Å². The highest BCUT2D eigenvalue weighted by Crippen LogP contribution is 2.22. The van der Waals surface area contributed by atoms with Gasteiger partial charge in [-0.3, -0.25) is 4.79 Å². The highest BCUT2D eigenvalue weighted by Gasteiger charge is 2.08. The lowest BCUT2D eigenvalue weighted by molar-refractivity contribution is -0.118. The number of hydrogen-bond donors (Lipinski definition) is 1. The molecule has 5 heteroatoms. The van der Waals surface area contributed by atoms with E-state index in [0.29, 0.717) is 11.3 Å². The average molecular weight is 337 g/mol. The maximum absolute atomic E-state index is 12.1. The second kappa shape index (κ2) is 6.81. The van der Waals surface area contributed by atoms with Gasteiger partial charge in [0.2, 0.25) is 0 Å². The zero-order chi connectivity index (χ0) is 18.0. The molecule has 128 valence electrons. The monoisotopic (exact) mass is 337 g/mol. The topological polar surface area (TPSA) is 68.5 Å². The molecule has 0 aliphatic carbocycles. The van der Waals surface area contributed by atoms with Crippen molar-refractivity contribution in [3.8, 4) is 5.75 Å². The van der Waals surface area contributed by atoms with Crippen LogP contribution < -0.4 is 15.7 Å². The van der Waals surface area contributed by atoms with Gasteiger partial charge in [0.05, 0.1) is 0 Å². The number of ether oxygens (including phenoxy) is 1. The van der Waals surface area contributed by atoms with Crippen molar-refractivity contribution in [2.45, 2.75) is 20.8 Å². The van der Waals surface area contributed by atoms with Gasteiger partial charge < -0.3 is 14.5 Å². The Kier molecular flexibility index (Phi) is 4.57. The SMILES string of the molecule is Cc1ccc(NC(=O)COc2ccc3c(C)cc(=O)oc3c2)c(C)c1. The zero-order valence-corrected chi connectivity index (χ0v) is 14.4. The van der Waals surface area contributed by atoms with Gasteiger partial charge in [0.1, 0.15) is 11.3 Å². The van der Waals surface area contributed by atoms with Crippen molar-refractivity contribution in [1.82, 2.24) is 0 Å². The van der Waals surface area contributed by atoms with Crippen LogP contribution in [0.4, 0.5) is 5.69 Å². The van der Waals surface area contributed by atoms with Crippen LogP contribution in [0.5, 0.6) is 5.75 Å². The quantitative estimate of drug-likeness (QED) is 0.737. The zero-order valence-electron chi connectivity index (χ0n) is 14.4. The van der Waals surface area contributed by atoms with Crippen LogP contribution in [-0.2, 0) is 4.79 Å². The molecule has 2 aromatic carbocycles. The van der Waals surface area contributed by atoms with Gasteiger partial charge in [0.15, 0.2) is 6.61 Å². The van der Waals surface area contributed by atoms with E-state index in [0.717, 1.165) is 27.8 Å². The number of nitrogens with one attached hydrogen (secondary N) is 1. The second-order valence-corrected chi connectivity index (χ2v) is 6.06. The molecule has 0 radical (unpaired) electrons. The first-order valence-electron chi connectivity index (χ1n) is 7.97. The molecule has 25 heavy (non-hydrogen) atoms. The standard InChI is InChI=1S/C20H19NO4/c1-12-4-7-17(14(3)8-12)21-19(22)11-24-15-5-6-16-13(2)9-20(23)25-18(16)10-15/h4-10H,11H2,1-3H3,(H,21,22). The van der Waals surface area contributed by atoms with E-state index >= 15 is 0 Å². The minimum atomic E-state index is -0.408. The third-order valence-corrected chi connectivity index (χ3v) is 3.95. The Morgan fingerprint density at radius 1 is 1.04 bits per heavy atom. The summed E-state index contributed by atoms with van der Waals surface area (Å²) in [4.78, 5) is 23.6. The molecular weight excluding hydrogens is 318 g/mol. The molecule has 3 aromatic rings. The lowest BCUT2D eigenvalue weighted by Crippen LogP contribution is -2.20. The van der Waals surface area contributed by atoms with Gasteiger partial charge in [-0.15, -0.1) is 0 Å². The molecule has 0 atom stereocenters. The highest BCUT2D eigenvalue weighted by atomic mass is 16.5. The van der Waals surface area contributed by atoms with E-state index in [2.05, 4.69) is 5.32 Å². The largest absolute Gasteiger partial charge is 0.484 e. The van der Waals surface area contributed by atoms with E-state index in [4.69, 9.17) is 9.15 Å². The summed E-state index contributed by atoms with van der Waals surface area (Å²) in [7, 11) is 0. The van der Waals surface area contributed by atoms with Gasteiger partial charge in [-0.1, -0.05) is 17.7 Å². The van der Waals surface area contributed by atoms with E-state index in [1.54, 1.807) is 12.1 Å². The lowest BCUT2D eigenvalue weighted by Gasteiger charge is -2.10. The Morgan fingerprint density at radius 3 is 2.60 bits per heavy atom. The van der Waals surface area contributed by atoms with Gasteiger partial charge in [0, 0.05) is 23.2 Å². The van der Waals surface area contributed by atoms with Gasteiger partial charge >= 0.3 is 5.63 Å². The third-order valence-electron chi connectivity index (χ3n) is 3.95. The summed E-state index contributed by atoms with van der Waals surface area (Å²) in [5.74, 6) is 0.217. The molecule has 0 fully saturated rings. The smallest absolute Gasteiger partial charge is 0.336 e. The minimum absolute atomic E-state index is 0.130. The van der Waals surface area contributed by atoms with Crippen molar-refractivity contribution < 1.29 is 13.9 Å². The molecule has 0 saturated heterocycles. The fourth-order valence-electron chi connectivity index (χ4n) is 2.68. The van der Waals surface area contributed by atoms with E-state index in [9.17, 15) is 9.59 Å². The fourth-order valence-corrected chi connectivity index (χ4v) is 2.68. The van der Waals surface area contributed by atoms with Crippen molar-refractivity contribution in [2.75, 3.05) is 11.9 Å².